The highest BCUT2D eigenvalue weighted by Crippen LogP contribution is 2.23. The van der Waals surface area contributed by atoms with Crippen molar-refractivity contribution in [2.75, 3.05) is 0 Å². The summed E-state index contributed by atoms with van der Waals surface area (Å²) in [5.74, 6) is -1.25. The number of aromatic amines is 1. The largest absolute Gasteiger partial charge is 0.744 e. The molecule has 188 valence electrons. The predicted molar refractivity (Wildman–Crippen MR) is 133 cm³/mol. The van der Waals surface area contributed by atoms with E-state index in [0.717, 1.165) is 27.8 Å². The van der Waals surface area contributed by atoms with Gasteiger partial charge in [0.2, 0.25) is 0 Å². The minimum Gasteiger partial charge on any atom is -0.744 e. The van der Waals surface area contributed by atoms with Crippen LogP contribution in [0.1, 0.15) is 32.6 Å². The molecule has 0 bridgehead atoms. The Hall–Kier alpha value is -4.18. The molecule has 8 nitrogen and oxygen atoms in total. The Morgan fingerprint density at radius 2 is 1.46 bits per heavy atom. The Labute approximate surface area is 214 Å². The summed E-state index contributed by atoms with van der Waals surface area (Å²) in [5.41, 5.74) is 6.44. The molecule has 0 saturated carbocycles. The lowest BCUT2D eigenvalue weighted by molar-refractivity contribution is -0.377. The number of aromatic nitrogens is 1. The van der Waals surface area contributed by atoms with Crippen LogP contribution in [0.15, 0.2) is 96.2 Å². The van der Waals surface area contributed by atoms with E-state index in [1.807, 2.05) is 43.6 Å². The third-order valence-electron chi connectivity index (χ3n) is 5.89. The SMILES string of the molecule is Cc1ccc(S(=O)(=O)[O-])cc1.O=C1Cc2cc(Cc3ccc(-c4cc[nH+]cc4)cc3)ccc2C(=O)N1O. The molecule has 5 rings (SSSR count). The van der Waals surface area contributed by atoms with Crippen molar-refractivity contribution in [1.29, 1.82) is 0 Å². The van der Waals surface area contributed by atoms with Crippen LogP contribution < -0.4 is 4.98 Å². The van der Waals surface area contributed by atoms with E-state index in [-0.39, 0.29) is 16.4 Å². The Morgan fingerprint density at radius 1 is 0.865 bits per heavy atom. The van der Waals surface area contributed by atoms with Gasteiger partial charge >= 0.3 is 0 Å². The van der Waals surface area contributed by atoms with Crippen LogP contribution in [0.3, 0.4) is 0 Å². The Morgan fingerprint density at radius 3 is 2.08 bits per heavy atom. The zero-order chi connectivity index (χ0) is 26.6. The van der Waals surface area contributed by atoms with Crippen LogP contribution in [0.5, 0.6) is 0 Å². The monoisotopic (exact) mass is 516 g/mol. The van der Waals surface area contributed by atoms with E-state index in [0.29, 0.717) is 17.5 Å². The zero-order valence-corrected chi connectivity index (χ0v) is 20.7. The number of hydrogen-bond acceptors (Lipinski definition) is 6. The molecule has 1 aromatic heterocycles. The van der Waals surface area contributed by atoms with Gasteiger partial charge in [-0.1, -0.05) is 54.1 Å². The fourth-order valence-corrected chi connectivity index (χ4v) is 4.38. The third kappa shape index (κ3) is 6.34. The van der Waals surface area contributed by atoms with Gasteiger partial charge in [-0.25, -0.2) is 13.4 Å². The van der Waals surface area contributed by atoms with E-state index in [1.54, 1.807) is 18.2 Å². The molecule has 3 aromatic carbocycles. The van der Waals surface area contributed by atoms with Gasteiger partial charge in [0.05, 0.1) is 11.3 Å². The van der Waals surface area contributed by atoms with E-state index < -0.39 is 21.9 Å². The summed E-state index contributed by atoms with van der Waals surface area (Å²) in [5, 5.41) is 9.65. The van der Waals surface area contributed by atoms with Crippen LogP contribution >= 0.6 is 0 Å². The number of aryl methyl sites for hydroxylation is 1. The van der Waals surface area contributed by atoms with E-state index in [4.69, 9.17) is 0 Å². The number of amides is 2. The summed E-state index contributed by atoms with van der Waals surface area (Å²) in [6, 6.07) is 23.6. The number of imide groups is 1. The minimum atomic E-state index is -4.27. The number of hydrogen-bond donors (Lipinski definition) is 1. The number of H-pyrrole nitrogens is 1. The number of pyridine rings is 1. The first-order chi connectivity index (χ1) is 17.6. The highest BCUT2D eigenvalue weighted by atomic mass is 32.2. The van der Waals surface area contributed by atoms with Crippen molar-refractivity contribution < 1.29 is 32.8 Å². The number of carbonyl (C=O) groups excluding carboxylic acids is 2. The maximum Gasteiger partial charge on any atom is 0.284 e. The Bertz CT molecular complexity index is 1530. The van der Waals surface area contributed by atoms with Crippen molar-refractivity contribution >= 4 is 21.9 Å². The third-order valence-corrected chi connectivity index (χ3v) is 6.74. The summed E-state index contributed by atoms with van der Waals surface area (Å²) in [4.78, 5) is 26.4. The quantitative estimate of drug-likeness (QED) is 0.251. The molecule has 9 heteroatoms. The minimum absolute atomic E-state index is 0.0371. The van der Waals surface area contributed by atoms with Gasteiger partial charge in [0.15, 0.2) is 12.4 Å². The van der Waals surface area contributed by atoms with Gasteiger partial charge in [-0.15, -0.1) is 0 Å². The molecule has 2 N–H and O–H groups in total. The molecule has 0 fully saturated rings. The van der Waals surface area contributed by atoms with Gasteiger partial charge in [0.1, 0.15) is 10.1 Å². The van der Waals surface area contributed by atoms with Crippen molar-refractivity contribution in [3.63, 3.8) is 0 Å². The maximum absolute atomic E-state index is 11.9. The molecule has 4 aromatic rings. The standard InChI is InChI=1S/C21H16N2O3.C7H8O3S/c24-20-13-18-12-15(3-6-19(18)21(25)23(20)26)11-14-1-4-16(5-2-14)17-7-9-22-10-8-17;1-6-2-4-7(5-3-6)11(8,9)10/h1-10,12,26H,11,13H2;2-5H,1H3,(H,8,9,10). The molecule has 1 aliphatic heterocycles. The number of nitrogens with one attached hydrogen (secondary N) is 1. The first-order valence-electron chi connectivity index (χ1n) is 11.4. The Balaban J connectivity index is 0.000000245. The predicted octanol–water partition coefficient (Wildman–Crippen LogP) is 3.57. The van der Waals surface area contributed by atoms with Gasteiger partial charge in [-0.3, -0.25) is 14.8 Å². The summed E-state index contributed by atoms with van der Waals surface area (Å²) >= 11 is 0. The second-order valence-electron chi connectivity index (χ2n) is 8.61. The van der Waals surface area contributed by atoms with Crippen molar-refractivity contribution in [3.05, 3.63) is 119 Å². The molecule has 1 aliphatic rings. The highest BCUT2D eigenvalue weighted by molar-refractivity contribution is 7.85. The lowest BCUT2D eigenvalue weighted by Gasteiger charge is -2.21. The van der Waals surface area contributed by atoms with Gasteiger partial charge in [-0.2, -0.15) is 5.06 Å². The number of nitrogens with zero attached hydrogens (tertiary/aromatic N) is 1. The maximum atomic E-state index is 11.9. The highest BCUT2D eigenvalue weighted by Gasteiger charge is 2.29. The summed E-state index contributed by atoms with van der Waals surface area (Å²) < 4.78 is 31.2. The van der Waals surface area contributed by atoms with E-state index in [2.05, 4.69) is 29.2 Å². The fourth-order valence-electron chi connectivity index (χ4n) is 3.91. The molecular weight excluding hydrogens is 492 g/mol. The number of fused-ring (bicyclic) bond motifs is 1. The summed E-state index contributed by atoms with van der Waals surface area (Å²) in [6.45, 7) is 1.82. The summed E-state index contributed by atoms with van der Waals surface area (Å²) in [6.07, 6.45) is 4.54. The lowest BCUT2D eigenvalue weighted by atomic mass is 9.94. The number of hydroxylamine groups is 2. The van der Waals surface area contributed by atoms with Gasteiger partial charge in [0, 0.05) is 17.7 Å². The van der Waals surface area contributed by atoms with Crippen molar-refractivity contribution in [2.45, 2.75) is 24.7 Å². The molecule has 0 aliphatic carbocycles. The van der Waals surface area contributed by atoms with E-state index in [1.165, 1.54) is 12.1 Å². The molecular formula is C28H24N2O6S. The van der Waals surface area contributed by atoms with Crippen LogP contribution in [0, 0.1) is 6.92 Å². The summed E-state index contributed by atoms with van der Waals surface area (Å²) in [7, 11) is -4.27. The van der Waals surface area contributed by atoms with E-state index in [9.17, 15) is 27.8 Å². The molecule has 0 radical (unpaired) electrons. The molecule has 2 amide bonds. The molecule has 0 saturated heterocycles. The second-order valence-corrected chi connectivity index (χ2v) is 9.99. The van der Waals surface area contributed by atoms with Crippen LogP contribution in [-0.4, -0.2) is 35.1 Å². The first-order valence-corrected chi connectivity index (χ1v) is 12.8. The normalized spacial score (nSPS) is 13.0. The van der Waals surface area contributed by atoms with Crippen LogP contribution in [0.4, 0.5) is 0 Å². The average Bonchev–Trinajstić information content (AvgIpc) is 2.88. The first kappa shape index (κ1) is 25.9. The smallest absolute Gasteiger partial charge is 0.284 e. The zero-order valence-electron chi connectivity index (χ0n) is 19.9. The second kappa shape index (κ2) is 10.8. The van der Waals surface area contributed by atoms with Crippen molar-refractivity contribution in [2.24, 2.45) is 0 Å². The van der Waals surface area contributed by atoms with Crippen LogP contribution in [0.2, 0.25) is 0 Å². The Kier molecular flexibility index (Phi) is 7.58. The van der Waals surface area contributed by atoms with Gasteiger partial charge in [0.25, 0.3) is 11.8 Å². The van der Waals surface area contributed by atoms with Crippen molar-refractivity contribution in [3.8, 4) is 11.1 Å². The molecule has 0 unspecified atom stereocenters. The topological polar surface area (TPSA) is 129 Å². The number of carbonyl (C=O) groups is 2. The van der Waals surface area contributed by atoms with E-state index >= 15 is 0 Å². The van der Waals surface area contributed by atoms with Gasteiger partial charge < -0.3 is 4.55 Å². The molecule has 0 atom stereocenters. The van der Waals surface area contributed by atoms with Crippen LogP contribution in [0.25, 0.3) is 11.1 Å². The lowest BCUT2D eigenvalue weighted by Crippen LogP contribution is -2.39. The van der Waals surface area contributed by atoms with Crippen LogP contribution in [-0.2, 0) is 27.8 Å². The average molecular weight is 517 g/mol. The molecule has 37 heavy (non-hydrogen) atoms. The van der Waals surface area contributed by atoms with Gasteiger partial charge in [-0.05, 0) is 59.4 Å². The number of benzene rings is 3. The fraction of sp³-hybridized carbons (Fsp3) is 0.107. The van der Waals surface area contributed by atoms with Crippen molar-refractivity contribution in [1.82, 2.24) is 5.06 Å². The molecule has 2 heterocycles. The molecule has 0 spiro atoms. The number of rotatable bonds is 4.